The standard InChI is InChI=1S/C15H22BNO4/c1-14(2,19)15(3,4)21-16-10-6-9-8-17-13(18)12(9)11(7-10)20-5/h6-7,16,19H,8H2,1-5H3,(H,17,18). The van der Waals surface area contributed by atoms with E-state index in [1.165, 1.54) is 0 Å². The van der Waals surface area contributed by atoms with Crippen molar-refractivity contribution in [2.24, 2.45) is 0 Å². The minimum absolute atomic E-state index is 0.105. The zero-order valence-corrected chi connectivity index (χ0v) is 13.2. The fourth-order valence-electron chi connectivity index (χ4n) is 2.08. The SMILES string of the molecule is COc1cc(BOC(C)(C)C(C)(C)O)cc2c1C(=O)NC2. The van der Waals surface area contributed by atoms with Gasteiger partial charge in [0.05, 0.1) is 23.9 Å². The number of amides is 1. The van der Waals surface area contributed by atoms with Crippen molar-refractivity contribution in [3.05, 3.63) is 23.3 Å². The van der Waals surface area contributed by atoms with Crippen molar-refractivity contribution in [2.45, 2.75) is 45.4 Å². The molecule has 1 amide bonds. The van der Waals surface area contributed by atoms with Gasteiger partial charge in [-0.25, -0.2) is 0 Å². The van der Waals surface area contributed by atoms with Crippen LogP contribution in [0.15, 0.2) is 12.1 Å². The lowest BCUT2D eigenvalue weighted by Crippen LogP contribution is -2.49. The largest absolute Gasteiger partial charge is 0.496 e. The van der Waals surface area contributed by atoms with Gasteiger partial charge in [-0.05, 0) is 44.8 Å². The van der Waals surface area contributed by atoms with Crippen LogP contribution in [0.2, 0.25) is 0 Å². The second kappa shape index (κ2) is 5.35. The second-order valence-corrected chi connectivity index (χ2v) is 6.37. The molecule has 0 saturated carbocycles. The lowest BCUT2D eigenvalue weighted by molar-refractivity contribution is -0.0893. The summed E-state index contributed by atoms with van der Waals surface area (Å²) in [4.78, 5) is 11.7. The van der Waals surface area contributed by atoms with Gasteiger partial charge < -0.3 is 19.8 Å². The highest BCUT2D eigenvalue weighted by atomic mass is 16.5. The second-order valence-electron chi connectivity index (χ2n) is 6.37. The summed E-state index contributed by atoms with van der Waals surface area (Å²) in [7, 11) is 1.89. The van der Waals surface area contributed by atoms with Crippen LogP contribution >= 0.6 is 0 Å². The van der Waals surface area contributed by atoms with Gasteiger partial charge in [-0.15, -0.1) is 0 Å². The number of methoxy groups -OCH3 is 1. The average Bonchev–Trinajstić information content (AvgIpc) is 2.76. The number of fused-ring (bicyclic) bond motifs is 1. The molecule has 114 valence electrons. The molecule has 6 heteroatoms. The molecule has 21 heavy (non-hydrogen) atoms. The number of rotatable bonds is 5. The lowest BCUT2D eigenvalue weighted by Gasteiger charge is -2.37. The molecule has 2 N–H and O–H groups in total. The van der Waals surface area contributed by atoms with Gasteiger partial charge in [0.2, 0.25) is 0 Å². The molecule has 2 rings (SSSR count). The van der Waals surface area contributed by atoms with Gasteiger partial charge in [0.25, 0.3) is 5.91 Å². The van der Waals surface area contributed by atoms with Gasteiger partial charge in [-0.3, -0.25) is 4.79 Å². The van der Waals surface area contributed by atoms with Crippen LogP contribution in [0.5, 0.6) is 5.75 Å². The first-order valence-electron chi connectivity index (χ1n) is 7.00. The summed E-state index contributed by atoms with van der Waals surface area (Å²) in [5.74, 6) is 0.452. The van der Waals surface area contributed by atoms with Crippen molar-refractivity contribution in [1.29, 1.82) is 0 Å². The molecule has 1 aromatic carbocycles. The van der Waals surface area contributed by atoms with Crippen LogP contribution in [0, 0.1) is 0 Å². The zero-order valence-electron chi connectivity index (χ0n) is 13.2. The van der Waals surface area contributed by atoms with Crippen LogP contribution in [-0.2, 0) is 11.2 Å². The third-order valence-corrected chi connectivity index (χ3v) is 4.20. The number of carbonyl (C=O) groups is 1. The maximum absolute atomic E-state index is 11.7. The zero-order chi connectivity index (χ0) is 15.8. The Morgan fingerprint density at radius 1 is 1.29 bits per heavy atom. The molecule has 1 aromatic rings. The summed E-state index contributed by atoms with van der Waals surface area (Å²) in [5.41, 5.74) is 0.792. The smallest absolute Gasteiger partial charge is 0.309 e. The van der Waals surface area contributed by atoms with Crippen LogP contribution in [0.1, 0.15) is 43.6 Å². The molecule has 1 aliphatic heterocycles. The van der Waals surface area contributed by atoms with Gasteiger partial charge in [-0.2, -0.15) is 0 Å². The first kappa shape index (κ1) is 15.9. The fraction of sp³-hybridized carbons (Fsp3) is 0.533. The summed E-state index contributed by atoms with van der Waals surface area (Å²) in [6.45, 7) is 7.65. The topological polar surface area (TPSA) is 67.8 Å². The molecule has 0 saturated heterocycles. The number of hydrogen-bond acceptors (Lipinski definition) is 4. The summed E-state index contributed by atoms with van der Waals surface area (Å²) in [5, 5.41) is 12.9. The Morgan fingerprint density at radius 2 is 1.95 bits per heavy atom. The van der Waals surface area contributed by atoms with Gasteiger partial charge >= 0.3 is 7.48 Å². The lowest BCUT2D eigenvalue weighted by atomic mass is 9.81. The number of nitrogens with one attached hydrogen (secondary N) is 1. The highest BCUT2D eigenvalue weighted by Crippen LogP contribution is 2.26. The summed E-state index contributed by atoms with van der Waals surface area (Å²) < 4.78 is 11.2. The molecule has 0 bridgehead atoms. The van der Waals surface area contributed by atoms with E-state index in [2.05, 4.69) is 5.32 Å². The predicted molar refractivity (Wildman–Crippen MR) is 82.4 cm³/mol. The summed E-state index contributed by atoms with van der Waals surface area (Å²) in [6, 6.07) is 3.75. The van der Waals surface area contributed by atoms with Crippen LogP contribution < -0.4 is 15.5 Å². The minimum Gasteiger partial charge on any atom is -0.496 e. The first-order chi connectivity index (χ1) is 9.65. The van der Waals surface area contributed by atoms with Gasteiger partial charge in [0, 0.05) is 6.54 Å². The molecule has 1 heterocycles. The molecule has 0 fully saturated rings. The monoisotopic (exact) mass is 291 g/mol. The predicted octanol–water partition coefficient (Wildman–Crippen LogP) is 0.481. The van der Waals surface area contributed by atoms with Crippen molar-refractivity contribution >= 4 is 18.9 Å². The molecule has 0 radical (unpaired) electrons. The van der Waals surface area contributed by atoms with Crippen LogP contribution in [-0.4, -0.2) is 36.8 Å². The van der Waals surface area contributed by atoms with E-state index in [-0.39, 0.29) is 5.91 Å². The van der Waals surface area contributed by atoms with Crippen molar-refractivity contribution in [3.63, 3.8) is 0 Å². The van der Waals surface area contributed by atoms with Gasteiger partial charge in [0.1, 0.15) is 5.75 Å². The van der Waals surface area contributed by atoms with Crippen LogP contribution in [0.25, 0.3) is 0 Å². The van der Waals surface area contributed by atoms with E-state index < -0.39 is 11.2 Å². The summed E-state index contributed by atoms with van der Waals surface area (Å²) >= 11 is 0. The Balaban J connectivity index is 2.21. The normalized spacial score (nSPS) is 14.7. The van der Waals surface area contributed by atoms with Crippen molar-refractivity contribution < 1.29 is 19.3 Å². The Hall–Kier alpha value is -1.53. The van der Waals surface area contributed by atoms with Crippen molar-refractivity contribution in [2.75, 3.05) is 7.11 Å². The number of carbonyl (C=O) groups excluding carboxylic acids is 1. The van der Waals surface area contributed by atoms with E-state index in [0.717, 1.165) is 11.0 Å². The highest BCUT2D eigenvalue weighted by molar-refractivity contribution is 6.47. The van der Waals surface area contributed by atoms with E-state index >= 15 is 0 Å². The van der Waals surface area contributed by atoms with E-state index in [0.29, 0.717) is 25.3 Å². The highest BCUT2D eigenvalue weighted by Gasteiger charge is 2.36. The van der Waals surface area contributed by atoms with E-state index in [1.54, 1.807) is 21.0 Å². The quantitative estimate of drug-likeness (QED) is 0.774. The average molecular weight is 291 g/mol. The molecule has 1 aliphatic rings. The number of ether oxygens (including phenoxy) is 1. The minimum atomic E-state index is -0.953. The maximum Gasteiger partial charge on any atom is 0.309 e. The molecule has 0 atom stereocenters. The Kier molecular flexibility index (Phi) is 4.04. The Morgan fingerprint density at radius 3 is 2.52 bits per heavy atom. The number of aliphatic hydroxyl groups is 1. The fourth-order valence-corrected chi connectivity index (χ4v) is 2.08. The van der Waals surface area contributed by atoms with E-state index in [1.807, 2.05) is 26.0 Å². The molecule has 0 aliphatic carbocycles. The van der Waals surface area contributed by atoms with Gasteiger partial charge in [0.15, 0.2) is 0 Å². The van der Waals surface area contributed by atoms with Crippen LogP contribution in [0.4, 0.5) is 0 Å². The van der Waals surface area contributed by atoms with Crippen molar-refractivity contribution in [1.82, 2.24) is 5.32 Å². The number of benzene rings is 1. The van der Waals surface area contributed by atoms with E-state index in [4.69, 9.17) is 9.39 Å². The molecular formula is C15H22BNO4. The van der Waals surface area contributed by atoms with Crippen molar-refractivity contribution in [3.8, 4) is 5.75 Å². The van der Waals surface area contributed by atoms with Crippen LogP contribution in [0.3, 0.4) is 0 Å². The molecule has 0 aromatic heterocycles. The Bertz CT molecular complexity index is 564. The number of hydrogen-bond donors (Lipinski definition) is 2. The molecule has 0 unspecified atom stereocenters. The third-order valence-electron chi connectivity index (χ3n) is 4.20. The molecule has 5 nitrogen and oxygen atoms in total. The molecular weight excluding hydrogens is 269 g/mol. The maximum atomic E-state index is 11.7. The van der Waals surface area contributed by atoms with Gasteiger partial charge in [-0.1, -0.05) is 6.07 Å². The first-order valence-corrected chi connectivity index (χ1v) is 7.00. The Labute approximate surface area is 125 Å². The summed E-state index contributed by atoms with van der Waals surface area (Å²) in [6.07, 6.45) is 0. The third kappa shape index (κ3) is 3.06. The molecule has 0 spiro atoms. The van der Waals surface area contributed by atoms with E-state index in [9.17, 15) is 9.90 Å².